The van der Waals surface area contributed by atoms with Crippen molar-refractivity contribution >= 4 is 23.4 Å². The summed E-state index contributed by atoms with van der Waals surface area (Å²) in [7, 11) is 3.19. The molecule has 0 saturated carbocycles. The Balaban J connectivity index is 1.15. The highest BCUT2D eigenvalue weighted by Gasteiger charge is 2.26. The molecule has 1 aliphatic heterocycles. The number of ether oxygens (including phenoxy) is 2. The first kappa shape index (κ1) is 25.8. The van der Waals surface area contributed by atoms with Crippen LogP contribution in [0.1, 0.15) is 18.7 Å². The monoisotopic (exact) mass is 530 g/mol. The number of hydrogen-bond donors (Lipinski definition) is 1. The fourth-order valence-corrected chi connectivity index (χ4v) is 5.39. The zero-order valence-electron chi connectivity index (χ0n) is 21.4. The maximum Gasteiger partial charge on any atom is 0.241 e. The first-order valence-electron chi connectivity index (χ1n) is 12.5. The van der Waals surface area contributed by atoms with E-state index in [4.69, 9.17) is 14.0 Å². The summed E-state index contributed by atoms with van der Waals surface area (Å²) in [6.07, 6.45) is 1.55. The third-order valence-corrected chi connectivity index (χ3v) is 7.63. The van der Waals surface area contributed by atoms with Crippen molar-refractivity contribution in [1.29, 1.82) is 0 Å². The molecule has 1 amide bonds. The first-order chi connectivity index (χ1) is 18.6. The Labute approximate surface area is 226 Å². The van der Waals surface area contributed by atoms with E-state index in [1.807, 2.05) is 60.7 Å². The smallest absolute Gasteiger partial charge is 0.241 e. The van der Waals surface area contributed by atoms with Gasteiger partial charge in [0.25, 0.3) is 0 Å². The number of nitrogens with zero attached hydrogens (tertiary/aromatic N) is 3. The van der Waals surface area contributed by atoms with Gasteiger partial charge in [0.1, 0.15) is 0 Å². The molecule has 1 aromatic heterocycles. The molecule has 4 aromatic rings. The van der Waals surface area contributed by atoms with Gasteiger partial charge in [-0.05, 0) is 68.4 Å². The van der Waals surface area contributed by atoms with Crippen molar-refractivity contribution in [3.63, 3.8) is 0 Å². The van der Waals surface area contributed by atoms with Crippen molar-refractivity contribution in [2.75, 3.05) is 32.6 Å². The van der Waals surface area contributed by atoms with E-state index in [2.05, 4.69) is 32.5 Å². The molecular weight excluding hydrogens is 500 g/mol. The summed E-state index contributed by atoms with van der Waals surface area (Å²) in [5, 5.41) is 7.30. The Kier molecular flexibility index (Phi) is 8.25. The average molecular weight is 531 g/mol. The summed E-state index contributed by atoms with van der Waals surface area (Å²) in [4.78, 5) is 22.1. The number of piperidine rings is 1. The van der Waals surface area contributed by atoms with Crippen LogP contribution in [-0.4, -0.2) is 48.3 Å². The molecule has 0 aliphatic carbocycles. The number of methoxy groups -OCH3 is 2. The van der Waals surface area contributed by atoms with Crippen LogP contribution in [0.4, 0.5) is 5.69 Å². The molecule has 2 heterocycles. The van der Waals surface area contributed by atoms with Crippen molar-refractivity contribution in [2.24, 2.45) is 5.92 Å². The summed E-state index contributed by atoms with van der Waals surface area (Å²) in [6, 6.07) is 23.6. The van der Waals surface area contributed by atoms with Crippen molar-refractivity contribution in [3.8, 4) is 22.9 Å². The Morgan fingerprint density at radius 1 is 1.00 bits per heavy atom. The normalized spacial score (nSPS) is 14.3. The van der Waals surface area contributed by atoms with Crippen molar-refractivity contribution in [2.45, 2.75) is 29.2 Å². The standard InChI is InChI=1S/C29H30N4O4S/c1-35-24-13-12-21(18-25(24)36-2)28-31-27(37-32-28)19-33-16-14-20(15-17-33)29(34)30-23-10-6-7-11-26(23)38-22-8-4-3-5-9-22/h3-13,18,20H,14-17,19H2,1-2H3,(H,30,34). The number of rotatable bonds is 9. The maximum absolute atomic E-state index is 13.1. The summed E-state index contributed by atoms with van der Waals surface area (Å²) < 4.78 is 16.2. The molecule has 0 atom stereocenters. The number of aromatic nitrogens is 2. The molecule has 1 N–H and O–H groups in total. The molecule has 0 radical (unpaired) electrons. The Morgan fingerprint density at radius 2 is 1.74 bits per heavy atom. The summed E-state index contributed by atoms with van der Waals surface area (Å²) in [5.74, 6) is 2.33. The van der Waals surface area contributed by atoms with Crippen LogP contribution in [0.5, 0.6) is 11.5 Å². The fraction of sp³-hybridized carbons (Fsp3) is 0.276. The molecule has 0 spiro atoms. The number of carbonyl (C=O) groups excluding carboxylic acids is 1. The van der Waals surface area contributed by atoms with Gasteiger partial charge >= 0.3 is 0 Å². The van der Waals surface area contributed by atoms with Gasteiger partial charge in [-0.1, -0.05) is 47.3 Å². The molecule has 196 valence electrons. The highest BCUT2D eigenvalue weighted by molar-refractivity contribution is 7.99. The molecule has 0 unspecified atom stereocenters. The Morgan fingerprint density at radius 3 is 2.50 bits per heavy atom. The lowest BCUT2D eigenvalue weighted by Crippen LogP contribution is -2.37. The first-order valence-corrected chi connectivity index (χ1v) is 13.3. The molecule has 0 bridgehead atoms. The van der Waals surface area contributed by atoms with E-state index in [1.54, 1.807) is 26.0 Å². The van der Waals surface area contributed by atoms with Gasteiger partial charge in [-0.25, -0.2) is 0 Å². The molecule has 1 aliphatic rings. The maximum atomic E-state index is 13.1. The lowest BCUT2D eigenvalue weighted by atomic mass is 9.96. The van der Waals surface area contributed by atoms with E-state index in [9.17, 15) is 4.79 Å². The van der Waals surface area contributed by atoms with E-state index in [-0.39, 0.29) is 11.8 Å². The lowest BCUT2D eigenvalue weighted by Gasteiger charge is -2.30. The largest absolute Gasteiger partial charge is 0.493 e. The van der Waals surface area contributed by atoms with Gasteiger partial charge < -0.3 is 19.3 Å². The molecule has 5 rings (SSSR count). The van der Waals surface area contributed by atoms with Gasteiger partial charge in [-0.15, -0.1) is 0 Å². The number of para-hydroxylation sites is 1. The van der Waals surface area contributed by atoms with Crippen molar-refractivity contribution in [1.82, 2.24) is 15.0 Å². The number of likely N-dealkylation sites (tertiary alicyclic amines) is 1. The van der Waals surface area contributed by atoms with Crippen LogP contribution < -0.4 is 14.8 Å². The number of carbonyl (C=O) groups is 1. The highest BCUT2D eigenvalue weighted by Crippen LogP contribution is 2.34. The van der Waals surface area contributed by atoms with Crippen LogP contribution in [0.25, 0.3) is 11.4 Å². The topological polar surface area (TPSA) is 89.7 Å². The zero-order chi connectivity index (χ0) is 26.3. The van der Waals surface area contributed by atoms with Gasteiger partial charge in [0.2, 0.25) is 17.6 Å². The van der Waals surface area contributed by atoms with Gasteiger partial charge in [-0.2, -0.15) is 4.98 Å². The SMILES string of the molecule is COc1ccc(-c2noc(CN3CCC(C(=O)Nc4ccccc4Sc4ccccc4)CC3)n2)cc1OC. The molecule has 3 aromatic carbocycles. The predicted octanol–water partition coefficient (Wildman–Crippen LogP) is 5.76. The molecule has 8 nitrogen and oxygen atoms in total. The van der Waals surface area contributed by atoms with Crippen molar-refractivity contribution < 1.29 is 18.8 Å². The van der Waals surface area contributed by atoms with E-state index < -0.39 is 0 Å². The minimum atomic E-state index is -0.0361. The molecule has 38 heavy (non-hydrogen) atoms. The third-order valence-electron chi connectivity index (χ3n) is 6.54. The van der Waals surface area contributed by atoms with Crippen LogP contribution in [0.2, 0.25) is 0 Å². The van der Waals surface area contributed by atoms with E-state index in [0.717, 1.165) is 47.0 Å². The van der Waals surface area contributed by atoms with Gasteiger partial charge in [0.05, 0.1) is 26.5 Å². The lowest BCUT2D eigenvalue weighted by molar-refractivity contribution is -0.121. The second kappa shape index (κ2) is 12.1. The van der Waals surface area contributed by atoms with Gasteiger partial charge in [0, 0.05) is 21.3 Å². The Hall–Kier alpha value is -3.82. The minimum Gasteiger partial charge on any atom is -0.493 e. The second-order valence-electron chi connectivity index (χ2n) is 9.03. The summed E-state index contributed by atoms with van der Waals surface area (Å²) >= 11 is 1.65. The second-order valence-corrected chi connectivity index (χ2v) is 10.1. The van der Waals surface area contributed by atoms with Gasteiger partial charge in [-0.3, -0.25) is 9.69 Å². The van der Waals surface area contributed by atoms with Gasteiger partial charge in [0.15, 0.2) is 11.5 Å². The van der Waals surface area contributed by atoms with E-state index >= 15 is 0 Å². The summed E-state index contributed by atoms with van der Waals surface area (Å²) in [6.45, 7) is 2.12. The number of benzene rings is 3. The number of anilines is 1. The van der Waals surface area contributed by atoms with Crippen LogP contribution in [0.3, 0.4) is 0 Å². The average Bonchev–Trinajstić information content (AvgIpc) is 3.43. The van der Waals surface area contributed by atoms with Crippen LogP contribution in [0, 0.1) is 5.92 Å². The molecule has 1 saturated heterocycles. The van der Waals surface area contributed by atoms with E-state index in [1.165, 1.54) is 0 Å². The zero-order valence-corrected chi connectivity index (χ0v) is 22.2. The van der Waals surface area contributed by atoms with E-state index in [0.29, 0.717) is 29.8 Å². The van der Waals surface area contributed by atoms with Crippen LogP contribution in [0.15, 0.2) is 87.1 Å². The minimum absolute atomic E-state index is 0.0361. The highest BCUT2D eigenvalue weighted by atomic mass is 32.2. The number of amides is 1. The third kappa shape index (κ3) is 6.17. The number of hydrogen-bond acceptors (Lipinski definition) is 8. The predicted molar refractivity (Wildman–Crippen MR) is 146 cm³/mol. The van der Waals surface area contributed by atoms with Crippen LogP contribution in [-0.2, 0) is 11.3 Å². The molecular formula is C29H30N4O4S. The van der Waals surface area contributed by atoms with Crippen molar-refractivity contribution in [3.05, 3.63) is 78.7 Å². The Bertz CT molecular complexity index is 1370. The summed E-state index contributed by atoms with van der Waals surface area (Å²) in [5.41, 5.74) is 1.64. The molecule has 1 fully saturated rings. The molecule has 9 heteroatoms. The number of nitrogens with one attached hydrogen (secondary N) is 1. The quantitative estimate of drug-likeness (QED) is 0.292. The fourth-order valence-electron chi connectivity index (χ4n) is 4.47. The van der Waals surface area contributed by atoms with Crippen LogP contribution >= 0.6 is 11.8 Å².